The van der Waals surface area contributed by atoms with Gasteiger partial charge in [-0.2, -0.15) is 0 Å². The maximum absolute atomic E-state index is 13.2. The minimum atomic E-state index is -3.93. The summed E-state index contributed by atoms with van der Waals surface area (Å²) in [6.07, 6.45) is 1.94. The maximum Gasteiger partial charge on any atom is 0.293 e. The van der Waals surface area contributed by atoms with E-state index in [1.54, 1.807) is 37.3 Å². The highest BCUT2D eigenvalue weighted by molar-refractivity contribution is 7.92. The molecule has 0 amide bonds. The summed E-state index contributed by atoms with van der Waals surface area (Å²) < 4.78 is 27.6. The molecular weight excluding hydrogens is 404 g/mol. The van der Waals surface area contributed by atoms with E-state index < -0.39 is 14.9 Å². The van der Waals surface area contributed by atoms with Gasteiger partial charge in [0.05, 0.1) is 15.5 Å². The van der Waals surface area contributed by atoms with Crippen LogP contribution in [-0.4, -0.2) is 50.5 Å². The van der Waals surface area contributed by atoms with Crippen molar-refractivity contribution in [3.05, 3.63) is 58.6 Å². The Morgan fingerprint density at radius 1 is 1.20 bits per heavy atom. The molecule has 1 N–H and O–H groups in total. The summed E-state index contributed by atoms with van der Waals surface area (Å²) in [4.78, 5) is 13.4. The van der Waals surface area contributed by atoms with Crippen LogP contribution < -0.4 is 9.62 Å². The lowest BCUT2D eigenvalue weighted by Crippen LogP contribution is -2.41. The Bertz CT molecular complexity index is 982. The summed E-state index contributed by atoms with van der Waals surface area (Å²) in [5.41, 5.74) is 0.644. The maximum atomic E-state index is 13.2. The molecule has 0 bridgehead atoms. The molecule has 0 radical (unpaired) electrons. The second kappa shape index (κ2) is 9.44. The normalized spacial score (nSPS) is 17.5. The van der Waals surface area contributed by atoms with Crippen molar-refractivity contribution in [2.24, 2.45) is 0 Å². The van der Waals surface area contributed by atoms with Crippen molar-refractivity contribution in [1.29, 1.82) is 0 Å². The van der Waals surface area contributed by atoms with Crippen LogP contribution in [0.2, 0.25) is 0 Å². The summed E-state index contributed by atoms with van der Waals surface area (Å²) in [5.74, 6) is 0. The molecule has 3 rings (SSSR count). The molecule has 30 heavy (non-hydrogen) atoms. The molecule has 1 fully saturated rings. The summed E-state index contributed by atoms with van der Waals surface area (Å²) in [7, 11) is -3.93. The van der Waals surface area contributed by atoms with Gasteiger partial charge in [0.2, 0.25) is 0 Å². The van der Waals surface area contributed by atoms with Crippen molar-refractivity contribution in [3.63, 3.8) is 0 Å². The zero-order valence-corrected chi connectivity index (χ0v) is 18.1. The van der Waals surface area contributed by atoms with E-state index in [0.29, 0.717) is 11.4 Å². The third-order valence-corrected chi connectivity index (χ3v) is 7.30. The smallest absolute Gasteiger partial charge is 0.293 e. The molecule has 0 spiro atoms. The lowest BCUT2D eigenvalue weighted by atomic mass is 10.1. The zero-order valence-electron chi connectivity index (χ0n) is 17.3. The number of sulfonamides is 1. The van der Waals surface area contributed by atoms with Gasteiger partial charge in [0.25, 0.3) is 15.7 Å². The van der Waals surface area contributed by atoms with Crippen molar-refractivity contribution in [1.82, 2.24) is 4.90 Å². The number of para-hydroxylation sites is 1. The number of nitro benzene ring substituents is 1. The number of benzene rings is 2. The predicted octanol–water partition coefficient (Wildman–Crippen LogP) is 3.71. The average molecular weight is 433 g/mol. The Balaban J connectivity index is 1.91. The first kappa shape index (κ1) is 22.0. The topological polar surface area (TPSA) is 95.8 Å². The number of hydrogen-bond acceptors (Lipinski definition) is 6. The highest BCUT2D eigenvalue weighted by Gasteiger charge is 2.28. The Hall–Kier alpha value is -2.65. The Labute approximate surface area is 177 Å². The summed E-state index contributed by atoms with van der Waals surface area (Å²) in [6, 6.07) is 12.9. The van der Waals surface area contributed by atoms with Gasteiger partial charge in [-0.25, -0.2) is 8.42 Å². The summed E-state index contributed by atoms with van der Waals surface area (Å²) >= 11 is 0. The standard InChI is InChI=1S/C21H28N4O4S/c1-3-23-14-8-9-17(16-23)22-20-13-12-19(15-21(20)25(26)27)30(28,29)24(4-2)18-10-6-5-7-11-18/h5-7,10-13,15,17,22H,3-4,8-9,14,16H2,1-2H3. The van der Waals surface area contributed by atoms with Crippen LogP contribution in [0.1, 0.15) is 26.7 Å². The van der Waals surface area contributed by atoms with Gasteiger partial charge in [0, 0.05) is 25.2 Å². The monoisotopic (exact) mass is 432 g/mol. The second-order valence-electron chi connectivity index (χ2n) is 7.32. The number of rotatable bonds is 8. The SMILES string of the molecule is CCN1CCCC(Nc2ccc(S(=O)(=O)N(CC)c3ccccc3)cc2[N+](=O)[O-])C1. The Morgan fingerprint density at radius 2 is 1.93 bits per heavy atom. The van der Waals surface area contributed by atoms with E-state index in [4.69, 9.17) is 0 Å². The third-order valence-electron chi connectivity index (χ3n) is 5.40. The molecule has 0 saturated carbocycles. The van der Waals surface area contributed by atoms with E-state index in [0.717, 1.165) is 38.5 Å². The molecular formula is C21H28N4O4S. The molecule has 0 aromatic heterocycles. The van der Waals surface area contributed by atoms with Crippen LogP contribution in [0.15, 0.2) is 53.4 Å². The zero-order chi connectivity index (χ0) is 21.7. The summed E-state index contributed by atoms with van der Waals surface area (Å²) in [5, 5.41) is 15.0. The van der Waals surface area contributed by atoms with Crippen LogP contribution in [0.3, 0.4) is 0 Å². The Morgan fingerprint density at radius 3 is 2.57 bits per heavy atom. The molecule has 1 aliphatic rings. The van der Waals surface area contributed by atoms with E-state index in [2.05, 4.69) is 17.1 Å². The molecule has 1 aliphatic heterocycles. The number of likely N-dealkylation sites (N-methyl/N-ethyl adjacent to an activating group) is 1. The van der Waals surface area contributed by atoms with Gasteiger partial charge in [-0.05, 0) is 57.1 Å². The van der Waals surface area contributed by atoms with Gasteiger partial charge in [0.1, 0.15) is 5.69 Å². The third kappa shape index (κ3) is 4.73. The van der Waals surface area contributed by atoms with Gasteiger partial charge in [-0.1, -0.05) is 25.1 Å². The largest absolute Gasteiger partial charge is 0.375 e. The quantitative estimate of drug-likeness (QED) is 0.505. The van der Waals surface area contributed by atoms with Gasteiger partial charge in [-0.3, -0.25) is 14.4 Å². The fourth-order valence-corrected chi connectivity index (χ4v) is 5.33. The number of anilines is 2. The first-order valence-corrected chi connectivity index (χ1v) is 11.7. The molecule has 1 atom stereocenters. The van der Waals surface area contributed by atoms with Crippen LogP contribution in [0.4, 0.5) is 17.1 Å². The van der Waals surface area contributed by atoms with Crippen molar-refractivity contribution in [3.8, 4) is 0 Å². The number of nitrogens with one attached hydrogen (secondary N) is 1. The van der Waals surface area contributed by atoms with Crippen LogP contribution >= 0.6 is 0 Å². The van der Waals surface area contributed by atoms with Gasteiger partial charge in [-0.15, -0.1) is 0 Å². The van der Waals surface area contributed by atoms with E-state index >= 15 is 0 Å². The first-order valence-electron chi connectivity index (χ1n) is 10.2. The number of nitro groups is 1. The molecule has 1 heterocycles. The minimum Gasteiger partial charge on any atom is -0.375 e. The van der Waals surface area contributed by atoms with Gasteiger partial charge in [0.15, 0.2) is 0 Å². The van der Waals surface area contributed by atoms with E-state index in [1.807, 2.05) is 0 Å². The second-order valence-corrected chi connectivity index (χ2v) is 9.18. The van der Waals surface area contributed by atoms with Crippen molar-refractivity contribution >= 4 is 27.1 Å². The lowest BCUT2D eigenvalue weighted by molar-refractivity contribution is -0.384. The van der Waals surface area contributed by atoms with Crippen LogP contribution in [-0.2, 0) is 10.0 Å². The van der Waals surface area contributed by atoms with Crippen molar-refractivity contribution in [2.75, 3.05) is 35.8 Å². The molecule has 1 unspecified atom stereocenters. The van der Waals surface area contributed by atoms with Crippen LogP contribution in [0, 0.1) is 10.1 Å². The molecule has 0 aliphatic carbocycles. The number of hydrogen-bond donors (Lipinski definition) is 1. The minimum absolute atomic E-state index is 0.0933. The average Bonchev–Trinajstić information content (AvgIpc) is 2.75. The first-order chi connectivity index (χ1) is 14.4. The van der Waals surface area contributed by atoms with Gasteiger partial charge < -0.3 is 10.2 Å². The molecule has 162 valence electrons. The van der Waals surface area contributed by atoms with Crippen LogP contribution in [0.25, 0.3) is 0 Å². The van der Waals surface area contributed by atoms with Crippen molar-refractivity contribution in [2.45, 2.75) is 37.6 Å². The fraction of sp³-hybridized carbons (Fsp3) is 0.429. The van der Waals surface area contributed by atoms with Crippen molar-refractivity contribution < 1.29 is 13.3 Å². The highest BCUT2D eigenvalue weighted by atomic mass is 32.2. The number of nitrogens with zero attached hydrogens (tertiary/aromatic N) is 3. The van der Waals surface area contributed by atoms with E-state index in [9.17, 15) is 18.5 Å². The molecule has 2 aromatic carbocycles. The van der Waals surface area contributed by atoms with E-state index in [1.165, 1.54) is 16.4 Å². The van der Waals surface area contributed by atoms with E-state index in [-0.39, 0.29) is 23.2 Å². The fourth-order valence-electron chi connectivity index (χ4n) is 3.84. The molecule has 9 heteroatoms. The molecule has 2 aromatic rings. The summed E-state index contributed by atoms with van der Waals surface area (Å²) in [6.45, 7) is 6.82. The van der Waals surface area contributed by atoms with Gasteiger partial charge >= 0.3 is 0 Å². The van der Waals surface area contributed by atoms with Crippen LogP contribution in [0.5, 0.6) is 0 Å². The lowest BCUT2D eigenvalue weighted by Gasteiger charge is -2.32. The number of piperidine rings is 1. The number of likely N-dealkylation sites (tertiary alicyclic amines) is 1. The molecule has 1 saturated heterocycles. The Kier molecular flexibility index (Phi) is 6.94. The predicted molar refractivity (Wildman–Crippen MR) is 119 cm³/mol. The highest BCUT2D eigenvalue weighted by Crippen LogP contribution is 2.32. The molecule has 8 nitrogen and oxygen atoms in total.